The first-order valence-corrected chi connectivity index (χ1v) is 10.1. The molecule has 0 spiro atoms. The van der Waals surface area contributed by atoms with E-state index in [2.05, 4.69) is 0 Å². The summed E-state index contributed by atoms with van der Waals surface area (Å²) < 4.78 is 21.2. The van der Waals surface area contributed by atoms with Crippen LogP contribution in [0.5, 0.6) is 23.0 Å². The molecule has 0 N–H and O–H groups in total. The average molecular weight is 444 g/mol. The Morgan fingerprint density at radius 2 is 1.42 bits per heavy atom. The van der Waals surface area contributed by atoms with E-state index in [-0.39, 0.29) is 35.2 Å². The first-order chi connectivity index (χ1) is 16.0. The molecule has 3 aromatic rings. The van der Waals surface area contributed by atoms with Crippen LogP contribution in [0.2, 0.25) is 0 Å². The summed E-state index contributed by atoms with van der Waals surface area (Å²) in [5, 5.41) is 0. The molecule has 7 heteroatoms. The average Bonchev–Trinajstić information content (AvgIpc) is 3.09. The smallest absolute Gasteiger partial charge is 0.349 e. The molecule has 7 nitrogen and oxygen atoms in total. The van der Waals surface area contributed by atoms with E-state index in [4.69, 9.17) is 18.9 Å². The molecule has 0 amide bonds. The number of Topliss-reactive ketones (excluding diaryl/α,β-unsaturated/α-hetero) is 2. The van der Waals surface area contributed by atoms with Gasteiger partial charge in [0.1, 0.15) is 11.5 Å². The van der Waals surface area contributed by atoms with E-state index in [1.54, 1.807) is 67.8 Å². The van der Waals surface area contributed by atoms with Crippen molar-refractivity contribution in [2.24, 2.45) is 0 Å². The van der Waals surface area contributed by atoms with E-state index in [1.807, 2.05) is 0 Å². The lowest BCUT2D eigenvalue weighted by Gasteiger charge is -2.11. The van der Waals surface area contributed by atoms with Crippen LogP contribution in [0.25, 0.3) is 6.08 Å². The number of fused-ring (bicyclic) bond motifs is 1. The van der Waals surface area contributed by atoms with Crippen molar-refractivity contribution in [2.75, 3.05) is 20.8 Å². The fourth-order valence-electron chi connectivity index (χ4n) is 3.39. The Morgan fingerprint density at radius 3 is 2.03 bits per heavy atom. The van der Waals surface area contributed by atoms with E-state index >= 15 is 0 Å². The molecule has 0 aliphatic heterocycles. The molecule has 0 heterocycles. The first-order valence-electron chi connectivity index (χ1n) is 10.1. The van der Waals surface area contributed by atoms with Gasteiger partial charge in [-0.3, -0.25) is 9.59 Å². The third kappa shape index (κ3) is 4.62. The Hall–Kier alpha value is -4.39. The minimum atomic E-state index is -0.619. The van der Waals surface area contributed by atoms with Crippen LogP contribution in [-0.4, -0.2) is 38.4 Å². The van der Waals surface area contributed by atoms with Gasteiger partial charge in [0.25, 0.3) is 0 Å². The zero-order valence-corrected chi connectivity index (χ0v) is 18.0. The highest BCUT2D eigenvalue weighted by molar-refractivity contribution is 6.41. The third-order valence-corrected chi connectivity index (χ3v) is 5.04. The maximum absolute atomic E-state index is 12.6. The monoisotopic (exact) mass is 444 g/mol. The summed E-state index contributed by atoms with van der Waals surface area (Å²) in [4.78, 5) is 37.4. The zero-order chi connectivity index (χ0) is 23.4. The maximum atomic E-state index is 12.6. The number of benzene rings is 3. The molecule has 0 radical (unpaired) electrons. The van der Waals surface area contributed by atoms with Crippen molar-refractivity contribution in [1.29, 1.82) is 0 Å². The molecule has 0 aromatic heterocycles. The molecule has 4 rings (SSSR count). The second-order valence-corrected chi connectivity index (χ2v) is 7.11. The van der Waals surface area contributed by atoms with Gasteiger partial charge in [-0.25, -0.2) is 4.79 Å². The molecular formula is C26H20O7. The Labute approximate surface area is 190 Å². The summed E-state index contributed by atoms with van der Waals surface area (Å²) in [7, 11) is 2.99. The van der Waals surface area contributed by atoms with Gasteiger partial charge in [-0.2, -0.15) is 0 Å². The van der Waals surface area contributed by atoms with E-state index in [9.17, 15) is 14.4 Å². The molecule has 166 valence electrons. The number of hydrogen-bond donors (Lipinski definition) is 0. The fraction of sp³-hybridized carbons (Fsp3) is 0.115. The number of carbonyl (C=O) groups excluding carboxylic acids is 3. The summed E-state index contributed by atoms with van der Waals surface area (Å²) in [5.41, 5.74) is 1.42. The SMILES string of the molecule is COc1ccc(OCC(=O)Oc2ccc(C=C3C(=O)c4ccccc4C3=O)cc2OC)cc1. The van der Waals surface area contributed by atoms with E-state index in [0.29, 0.717) is 28.2 Å². The Bertz CT molecular complexity index is 1220. The third-order valence-electron chi connectivity index (χ3n) is 5.04. The fourth-order valence-corrected chi connectivity index (χ4v) is 3.39. The number of hydrogen-bond acceptors (Lipinski definition) is 7. The van der Waals surface area contributed by atoms with E-state index < -0.39 is 5.97 Å². The highest BCUT2D eigenvalue weighted by Gasteiger charge is 2.32. The molecule has 1 aliphatic rings. The molecule has 1 aliphatic carbocycles. The van der Waals surface area contributed by atoms with E-state index in [0.717, 1.165) is 0 Å². The zero-order valence-electron chi connectivity index (χ0n) is 18.0. The van der Waals surface area contributed by atoms with Crippen LogP contribution >= 0.6 is 0 Å². The largest absolute Gasteiger partial charge is 0.497 e. The molecule has 3 aromatic carbocycles. The van der Waals surface area contributed by atoms with Gasteiger partial charge in [0.05, 0.1) is 19.8 Å². The summed E-state index contributed by atoms with van der Waals surface area (Å²) in [6, 6.07) is 18.3. The van der Waals surface area contributed by atoms with Crippen molar-refractivity contribution >= 4 is 23.6 Å². The van der Waals surface area contributed by atoms with Gasteiger partial charge in [0.15, 0.2) is 29.7 Å². The summed E-state index contributed by atoms with van der Waals surface area (Å²) in [6.07, 6.45) is 1.51. The topological polar surface area (TPSA) is 88.1 Å². The highest BCUT2D eigenvalue weighted by Crippen LogP contribution is 2.32. The first kappa shape index (κ1) is 21.8. The number of rotatable bonds is 7. The molecular weight excluding hydrogens is 424 g/mol. The quantitative estimate of drug-likeness (QED) is 0.234. The Kier molecular flexibility index (Phi) is 6.22. The summed E-state index contributed by atoms with van der Waals surface area (Å²) in [6.45, 7) is -0.303. The van der Waals surface area contributed by atoms with E-state index in [1.165, 1.54) is 19.3 Å². The van der Waals surface area contributed by atoms with Crippen molar-refractivity contribution in [3.63, 3.8) is 0 Å². The molecule has 0 fully saturated rings. The Morgan fingerprint density at radius 1 is 0.788 bits per heavy atom. The minimum Gasteiger partial charge on any atom is -0.497 e. The minimum absolute atomic E-state index is 0.0795. The van der Waals surface area contributed by atoms with Crippen LogP contribution in [0, 0.1) is 0 Å². The highest BCUT2D eigenvalue weighted by atomic mass is 16.6. The summed E-state index contributed by atoms with van der Waals surface area (Å²) in [5.74, 6) is 0.379. The molecule has 0 atom stereocenters. The molecule has 0 bridgehead atoms. The molecule has 0 saturated heterocycles. The standard InChI is InChI=1S/C26H20O7/c1-30-17-8-10-18(11-9-17)32-15-24(27)33-22-12-7-16(14-23(22)31-2)13-21-25(28)19-5-3-4-6-20(19)26(21)29/h3-14H,15H2,1-2H3. The number of allylic oxidation sites excluding steroid dienone is 1. The predicted octanol–water partition coefficient (Wildman–Crippen LogP) is 4.15. The number of esters is 1. The van der Waals surface area contributed by atoms with Gasteiger partial charge in [0, 0.05) is 11.1 Å². The van der Waals surface area contributed by atoms with Crippen molar-refractivity contribution < 1.29 is 33.3 Å². The van der Waals surface area contributed by atoms with Gasteiger partial charge in [-0.1, -0.05) is 30.3 Å². The molecule has 0 unspecified atom stereocenters. The van der Waals surface area contributed by atoms with Crippen LogP contribution in [0.4, 0.5) is 0 Å². The van der Waals surface area contributed by atoms with Crippen molar-refractivity contribution in [1.82, 2.24) is 0 Å². The van der Waals surface area contributed by atoms with Crippen LogP contribution < -0.4 is 18.9 Å². The maximum Gasteiger partial charge on any atom is 0.349 e. The van der Waals surface area contributed by atoms with Gasteiger partial charge < -0.3 is 18.9 Å². The van der Waals surface area contributed by atoms with Crippen LogP contribution in [-0.2, 0) is 4.79 Å². The van der Waals surface area contributed by atoms with Gasteiger partial charge in [-0.05, 0) is 48.0 Å². The predicted molar refractivity (Wildman–Crippen MR) is 120 cm³/mol. The normalized spacial score (nSPS) is 12.2. The second-order valence-electron chi connectivity index (χ2n) is 7.11. The van der Waals surface area contributed by atoms with Crippen LogP contribution in [0.3, 0.4) is 0 Å². The number of ketones is 2. The van der Waals surface area contributed by atoms with Crippen molar-refractivity contribution in [3.05, 3.63) is 89.0 Å². The van der Waals surface area contributed by atoms with Crippen molar-refractivity contribution in [2.45, 2.75) is 0 Å². The Balaban J connectivity index is 1.46. The lowest BCUT2D eigenvalue weighted by Crippen LogP contribution is -2.18. The lowest BCUT2D eigenvalue weighted by molar-refractivity contribution is -0.136. The number of methoxy groups -OCH3 is 2. The molecule has 33 heavy (non-hydrogen) atoms. The summed E-state index contributed by atoms with van der Waals surface area (Å²) >= 11 is 0. The molecule has 0 saturated carbocycles. The number of carbonyl (C=O) groups is 3. The van der Waals surface area contributed by atoms with Crippen LogP contribution in [0.1, 0.15) is 26.3 Å². The lowest BCUT2D eigenvalue weighted by atomic mass is 10.1. The van der Waals surface area contributed by atoms with Gasteiger partial charge in [0.2, 0.25) is 0 Å². The van der Waals surface area contributed by atoms with Crippen LogP contribution in [0.15, 0.2) is 72.3 Å². The van der Waals surface area contributed by atoms with Crippen molar-refractivity contribution in [3.8, 4) is 23.0 Å². The number of ether oxygens (including phenoxy) is 4. The second kappa shape index (κ2) is 9.40. The van der Waals surface area contributed by atoms with Gasteiger partial charge in [-0.15, -0.1) is 0 Å². The van der Waals surface area contributed by atoms with Gasteiger partial charge >= 0.3 is 5.97 Å².